The first-order valence-electron chi connectivity index (χ1n) is 9.79. The van der Waals surface area contributed by atoms with Gasteiger partial charge in [-0.05, 0) is 31.2 Å². The van der Waals surface area contributed by atoms with Crippen LogP contribution >= 0.6 is 23.2 Å². The lowest BCUT2D eigenvalue weighted by Crippen LogP contribution is -2.27. The summed E-state index contributed by atoms with van der Waals surface area (Å²) in [6, 6.07) is 6.25. The molecule has 186 valence electrons. The summed E-state index contributed by atoms with van der Waals surface area (Å²) in [5.74, 6) is -1.52. The molecule has 0 aliphatic carbocycles. The SMILES string of the molecule is CC(Oc1cc(Oc2c(Cl)cc(C(F)(F)F)cc2Cl)ccc1[N+](=O)[O-])C(=O)OCCn1cccn1. The van der Waals surface area contributed by atoms with E-state index in [0.717, 1.165) is 12.1 Å². The van der Waals surface area contributed by atoms with Crippen molar-refractivity contribution in [2.45, 2.75) is 25.7 Å². The molecule has 0 N–H and O–H groups in total. The molecule has 0 spiro atoms. The van der Waals surface area contributed by atoms with E-state index in [-0.39, 0.29) is 23.9 Å². The third kappa shape index (κ3) is 6.76. The molecule has 0 saturated heterocycles. The van der Waals surface area contributed by atoms with Gasteiger partial charge in [-0.3, -0.25) is 14.8 Å². The monoisotopic (exact) mass is 533 g/mol. The summed E-state index contributed by atoms with van der Waals surface area (Å²) >= 11 is 11.8. The highest BCUT2D eigenvalue weighted by molar-refractivity contribution is 6.37. The second-order valence-electron chi connectivity index (χ2n) is 6.95. The van der Waals surface area contributed by atoms with Crippen molar-refractivity contribution in [3.05, 3.63) is 74.5 Å². The van der Waals surface area contributed by atoms with E-state index in [1.165, 1.54) is 13.0 Å². The molecular weight excluding hydrogens is 518 g/mol. The van der Waals surface area contributed by atoms with E-state index in [1.807, 2.05) is 0 Å². The Balaban J connectivity index is 1.76. The van der Waals surface area contributed by atoms with Crippen LogP contribution in [0.4, 0.5) is 18.9 Å². The summed E-state index contributed by atoms with van der Waals surface area (Å²) < 4.78 is 56.3. The molecule has 0 amide bonds. The standard InChI is InChI=1S/C21H16Cl2F3N3O6/c1-12(20(30)33-8-7-28-6-2-5-27-28)34-18-11-14(3-4-17(18)29(31)32)35-19-15(22)9-13(10-16(19)23)21(24,25)26/h2-6,9-12H,7-8H2,1H3. The van der Waals surface area contributed by atoms with Crippen LogP contribution in [-0.4, -0.2) is 33.4 Å². The number of ether oxygens (including phenoxy) is 3. The van der Waals surface area contributed by atoms with Crippen molar-refractivity contribution in [2.24, 2.45) is 0 Å². The molecule has 0 saturated carbocycles. The first kappa shape index (κ1) is 26.1. The van der Waals surface area contributed by atoms with Crippen molar-refractivity contribution >= 4 is 34.9 Å². The van der Waals surface area contributed by atoms with Crippen LogP contribution in [0.3, 0.4) is 0 Å². The molecule has 3 rings (SSSR count). The lowest BCUT2D eigenvalue weighted by molar-refractivity contribution is -0.386. The maximum atomic E-state index is 12.9. The second-order valence-corrected chi connectivity index (χ2v) is 7.77. The number of nitro groups is 1. The number of halogens is 5. The Morgan fingerprint density at radius 3 is 2.49 bits per heavy atom. The third-order valence-electron chi connectivity index (χ3n) is 4.43. The molecule has 0 aliphatic heterocycles. The fourth-order valence-electron chi connectivity index (χ4n) is 2.77. The Labute approximate surface area is 206 Å². The molecule has 0 aliphatic rings. The lowest BCUT2D eigenvalue weighted by Gasteiger charge is -2.16. The van der Waals surface area contributed by atoms with Crippen LogP contribution in [-0.2, 0) is 22.3 Å². The number of aromatic nitrogens is 2. The molecule has 35 heavy (non-hydrogen) atoms. The van der Waals surface area contributed by atoms with Crippen molar-refractivity contribution in [1.29, 1.82) is 0 Å². The van der Waals surface area contributed by atoms with E-state index < -0.39 is 44.5 Å². The first-order valence-corrected chi connectivity index (χ1v) is 10.5. The predicted molar refractivity (Wildman–Crippen MR) is 118 cm³/mol. The number of alkyl halides is 3. The van der Waals surface area contributed by atoms with E-state index >= 15 is 0 Å². The van der Waals surface area contributed by atoms with Crippen LogP contribution in [0, 0.1) is 10.1 Å². The molecule has 0 bridgehead atoms. The molecule has 0 radical (unpaired) electrons. The van der Waals surface area contributed by atoms with Gasteiger partial charge in [-0.15, -0.1) is 0 Å². The van der Waals surface area contributed by atoms with E-state index in [2.05, 4.69) is 5.10 Å². The van der Waals surface area contributed by atoms with Crippen molar-refractivity contribution in [1.82, 2.24) is 9.78 Å². The number of rotatable bonds is 9. The van der Waals surface area contributed by atoms with Gasteiger partial charge in [0.25, 0.3) is 0 Å². The van der Waals surface area contributed by atoms with Crippen LogP contribution in [0.25, 0.3) is 0 Å². The van der Waals surface area contributed by atoms with Gasteiger partial charge in [-0.25, -0.2) is 4.79 Å². The number of hydrogen-bond acceptors (Lipinski definition) is 7. The molecule has 14 heteroatoms. The summed E-state index contributed by atoms with van der Waals surface area (Å²) in [4.78, 5) is 22.9. The quantitative estimate of drug-likeness (QED) is 0.191. The Bertz CT molecular complexity index is 1200. The summed E-state index contributed by atoms with van der Waals surface area (Å²) in [7, 11) is 0. The number of nitro benzene ring substituents is 1. The highest BCUT2D eigenvalue weighted by Crippen LogP contribution is 2.43. The number of carbonyl (C=O) groups excluding carboxylic acids is 1. The van der Waals surface area contributed by atoms with Gasteiger partial charge in [-0.2, -0.15) is 18.3 Å². The highest BCUT2D eigenvalue weighted by Gasteiger charge is 2.32. The minimum absolute atomic E-state index is 0.00955. The third-order valence-corrected chi connectivity index (χ3v) is 4.99. The Morgan fingerprint density at radius 2 is 1.91 bits per heavy atom. The van der Waals surface area contributed by atoms with Gasteiger partial charge >= 0.3 is 17.8 Å². The largest absolute Gasteiger partial charge is 0.472 e. The molecular formula is C21H16Cl2F3N3O6. The lowest BCUT2D eigenvalue weighted by atomic mass is 10.2. The smallest absolute Gasteiger partial charge is 0.416 e. The molecule has 1 heterocycles. The van der Waals surface area contributed by atoms with E-state index in [4.69, 9.17) is 37.4 Å². The van der Waals surface area contributed by atoms with Crippen molar-refractivity contribution < 1.29 is 37.1 Å². The average molecular weight is 534 g/mol. The maximum absolute atomic E-state index is 12.9. The topological polar surface area (TPSA) is 106 Å². The zero-order chi connectivity index (χ0) is 25.8. The van der Waals surface area contributed by atoms with E-state index in [1.54, 1.807) is 23.1 Å². The Morgan fingerprint density at radius 1 is 1.23 bits per heavy atom. The summed E-state index contributed by atoms with van der Waals surface area (Å²) in [6.07, 6.45) is -2.67. The van der Waals surface area contributed by atoms with Gasteiger partial charge in [0.1, 0.15) is 12.4 Å². The normalized spacial score (nSPS) is 12.2. The number of hydrogen-bond donors (Lipinski definition) is 0. The molecule has 1 aromatic heterocycles. The van der Waals surface area contributed by atoms with Crippen LogP contribution < -0.4 is 9.47 Å². The average Bonchev–Trinajstić information content (AvgIpc) is 3.28. The van der Waals surface area contributed by atoms with Crippen molar-refractivity contribution in [3.8, 4) is 17.2 Å². The predicted octanol–water partition coefficient (Wildman–Crippen LogP) is 5.92. The van der Waals surface area contributed by atoms with Gasteiger partial charge in [0, 0.05) is 24.5 Å². The van der Waals surface area contributed by atoms with Crippen molar-refractivity contribution in [2.75, 3.05) is 6.61 Å². The second kappa shape index (κ2) is 10.8. The molecule has 3 aromatic rings. The Hall–Kier alpha value is -3.51. The van der Waals surface area contributed by atoms with Gasteiger partial charge < -0.3 is 14.2 Å². The van der Waals surface area contributed by atoms with Crippen LogP contribution in [0.5, 0.6) is 17.2 Å². The summed E-state index contributed by atoms with van der Waals surface area (Å²) in [5, 5.41) is 14.5. The molecule has 1 atom stereocenters. The molecule has 0 fully saturated rings. The Kier molecular flexibility index (Phi) is 8.07. The summed E-state index contributed by atoms with van der Waals surface area (Å²) in [5.41, 5.74) is -1.56. The minimum atomic E-state index is -4.68. The fourth-order valence-corrected chi connectivity index (χ4v) is 3.33. The van der Waals surface area contributed by atoms with Crippen LogP contribution in [0.15, 0.2) is 48.8 Å². The molecule has 1 unspecified atom stereocenters. The number of benzene rings is 2. The minimum Gasteiger partial charge on any atom is -0.472 e. The number of nitrogens with zero attached hydrogens (tertiary/aromatic N) is 3. The fraction of sp³-hybridized carbons (Fsp3) is 0.238. The zero-order valence-electron chi connectivity index (χ0n) is 17.8. The van der Waals surface area contributed by atoms with Crippen LogP contribution in [0.1, 0.15) is 12.5 Å². The zero-order valence-corrected chi connectivity index (χ0v) is 19.3. The van der Waals surface area contributed by atoms with Gasteiger partial charge in [-0.1, -0.05) is 23.2 Å². The van der Waals surface area contributed by atoms with Crippen molar-refractivity contribution in [3.63, 3.8) is 0 Å². The van der Waals surface area contributed by atoms with Gasteiger partial charge in [0.2, 0.25) is 5.75 Å². The van der Waals surface area contributed by atoms with Gasteiger partial charge in [0.05, 0.1) is 27.1 Å². The number of esters is 1. The molecule has 2 aromatic carbocycles. The van der Waals surface area contributed by atoms with E-state index in [9.17, 15) is 28.1 Å². The summed E-state index contributed by atoms with van der Waals surface area (Å²) in [6.45, 7) is 1.62. The van der Waals surface area contributed by atoms with Gasteiger partial charge in [0.15, 0.2) is 11.9 Å². The molecule has 9 nitrogen and oxygen atoms in total. The van der Waals surface area contributed by atoms with E-state index in [0.29, 0.717) is 18.7 Å². The van der Waals surface area contributed by atoms with Crippen LogP contribution in [0.2, 0.25) is 10.0 Å². The first-order chi connectivity index (χ1) is 16.5. The number of carbonyl (C=O) groups is 1. The maximum Gasteiger partial charge on any atom is 0.416 e. The highest BCUT2D eigenvalue weighted by atomic mass is 35.5.